The summed E-state index contributed by atoms with van der Waals surface area (Å²) in [5.74, 6) is 0.0321. The van der Waals surface area contributed by atoms with Gasteiger partial charge in [0.2, 0.25) is 5.91 Å². The molecule has 0 atom stereocenters. The van der Waals surface area contributed by atoms with Crippen molar-refractivity contribution in [3.8, 4) is 0 Å². The van der Waals surface area contributed by atoms with Gasteiger partial charge in [-0.25, -0.2) is 0 Å². The number of aryl methyl sites for hydroxylation is 1. The van der Waals surface area contributed by atoms with Gasteiger partial charge in [-0.3, -0.25) is 14.7 Å². The number of anilines is 1. The molecule has 0 spiro atoms. The summed E-state index contributed by atoms with van der Waals surface area (Å²) in [5, 5.41) is 14.9. The highest BCUT2D eigenvalue weighted by Gasteiger charge is 2.26. The summed E-state index contributed by atoms with van der Waals surface area (Å²) in [7, 11) is 0. The van der Waals surface area contributed by atoms with E-state index in [1.807, 2.05) is 11.8 Å². The van der Waals surface area contributed by atoms with Crippen molar-refractivity contribution in [2.45, 2.75) is 20.3 Å². The molecular weight excluding hydrogens is 322 g/mol. The van der Waals surface area contributed by atoms with Gasteiger partial charge in [0.15, 0.2) is 5.82 Å². The molecule has 2 amide bonds. The van der Waals surface area contributed by atoms with Crippen molar-refractivity contribution < 1.29 is 9.59 Å². The van der Waals surface area contributed by atoms with Crippen LogP contribution in [0, 0.1) is 13.8 Å². The normalized spacial score (nSPS) is 14.6. The highest BCUT2D eigenvalue weighted by atomic mass is 16.2. The SMILES string of the molecule is Cc1nnc(N2CCN(C(=O)Cc3ccn[nH]3)CC2)c(C(N)=O)c1C. The van der Waals surface area contributed by atoms with Crippen LogP contribution in [0.3, 0.4) is 0 Å². The van der Waals surface area contributed by atoms with Crippen LogP contribution in [0.4, 0.5) is 5.82 Å². The summed E-state index contributed by atoms with van der Waals surface area (Å²) in [6.07, 6.45) is 1.93. The van der Waals surface area contributed by atoms with E-state index in [1.165, 1.54) is 0 Å². The van der Waals surface area contributed by atoms with Gasteiger partial charge in [0.25, 0.3) is 5.91 Å². The molecule has 0 aromatic carbocycles. The summed E-state index contributed by atoms with van der Waals surface area (Å²) in [6, 6.07) is 1.79. The number of aromatic amines is 1. The first-order chi connectivity index (χ1) is 12.0. The third-order valence-electron chi connectivity index (χ3n) is 4.51. The number of rotatable bonds is 4. The fourth-order valence-corrected chi connectivity index (χ4v) is 2.94. The summed E-state index contributed by atoms with van der Waals surface area (Å²) < 4.78 is 0. The van der Waals surface area contributed by atoms with Crippen LogP contribution >= 0.6 is 0 Å². The number of hydrogen-bond donors (Lipinski definition) is 2. The molecule has 0 bridgehead atoms. The summed E-state index contributed by atoms with van der Waals surface area (Å²) >= 11 is 0. The number of carbonyl (C=O) groups is 2. The van der Waals surface area contributed by atoms with Crippen LogP contribution in [0.5, 0.6) is 0 Å². The lowest BCUT2D eigenvalue weighted by molar-refractivity contribution is -0.130. The Morgan fingerprint density at radius 2 is 1.92 bits per heavy atom. The Morgan fingerprint density at radius 1 is 1.20 bits per heavy atom. The van der Waals surface area contributed by atoms with Crippen LogP contribution in [0.2, 0.25) is 0 Å². The fraction of sp³-hybridized carbons (Fsp3) is 0.438. The molecule has 0 saturated carbocycles. The lowest BCUT2D eigenvalue weighted by Crippen LogP contribution is -2.50. The number of primary amides is 1. The van der Waals surface area contributed by atoms with Gasteiger partial charge in [0.1, 0.15) is 0 Å². The predicted octanol–water partition coefficient (Wildman–Crippen LogP) is -0.193. The maximum Gasteiger partial charge on any atom is 0.252 e. The van der Waals surface area contributed by atoms with Gasteiger partial charge in [0.05, 0.1) is 17.7 Å². The quantitative estimate of drug-likeness (QED) is 0.793. The van der Waals surface area contributed by atoms with Crippen LogP contribution in [-0.4, -0.2) is 63.3 Å². The van der Waals surface area contributed by atoms with E-state index in [-0.39, 0.29) is 5.91 Å². The lowest BCUT2D eigenvalue weighted by Gasteiger charge is -2.36. The minimum Gasteiger partial charge on any atom is -0.365 e. The van der Waals surface area contributed by atoms with Gasteiger partial charge in [-0.1, -0.05) is 0 Å². The molecule has 1 aliphatic rings. The first kappa shape index (κ1) is 16.9. The number of aromatic nitrogens is 4. The minimum atomic E-state index is -0.511. The van der Waals surface area contributed by atoms with Gasteiger partial charge < -0.3 is 15.5 Å². The van der Waals surface area contributed by atoms with Crippen LogP contribution in [0.15, 0.2) is 12.3 Å². The first-order valence-corrected chi connectivity index (χ1v) is 8.12. The van der Waals surface area contributed by atoms with E-state index in [2.05, 4.69) is 20.4 Å². The first-order valence-electron chi connectivity index (χ1n) is 8.12. The maximum atomic E-state index is 12.3. The molecule has 3 N–H and O–H groups in total. The molecular formula is C16H21N7O2. The molecule has 0 unspecified atom stereocenters. The van der Waals surface area contributed by atoms with Gasteiger partial charge >= 0.3 is 0 Å². The van der Waals surface area contributed by atoms with Crippen LogP contribution in [0.25, 0.3) is 0 Å². The Hall–Kier alpha value is -2.97. The second kappa shape index (κ2) is 6.88. The van der Waals surface area contributed by atoms with Crippen molar-refractivity contribution in [2.24, 2.45) is 5.73 Å². The number of amides is 2. The molecule has 1 fully saturated rings. The number of nitrogens with two attached hydrogens (primary N) is 1. The van der Waals surface area contributed by atoms with Crippen molar-refractivity contribution in [3.05, 3.63) is 34.8 Å². The van der Waals surface area contributed by atoms with Gasteiger partial charge in [-0.05, 0) is 25.5 Å². The summed E-state index contributed by atoms with van der Waals surface area (Å²) in [4.78, 5) is 27.9. The van der Waals surface area contributed by atoms with Crippen molar-refractivity contribution in [1.29, 1.82) is 0 Å². The Labute approximate surface area is 145 Å². The Bertz CT molecular complexity index is 780. The highest BCUT2D eigenvalue weighted by Crippen LogP contribution is 2.23. The summed E-state index contributed by atoms with van der Waals surface area (Å²) in [5.41, 5.74) is 8.17. The molecule has 1 aliphatic heterocycles. The molecule has 25 heavy (non-hydrogen) atoms. The van der Waals surface area contributed by atoms with E-state index in [9.17, 15) is 9.59 Å². The van der Waals surface area contributed by atoms with Crippen molar-refractivity contribution in [2.75, 3.05) is 31.1 Å². The largest absolute Gasteiger partial charge is 0.365 e. The second-order valence-electron chi connectivity index (χ2n) is 6.10. The smallest absolute Gasteiger partial charge is 0.252 e. The molecule has 9 heteroatoms. The maximum absolute atomic E-state index is 12.3. The van der Waals surface area contributed by atoms with E-state index in [4.69, 9.17) is 5.73 Å². The number of carbonyl (C=O) groups excluding carboxylic acids is 2. The fourth-order valence-electron chi connectivity index (χ4n) is 2.94. The van der Waals surface area contributed by atoms with Crippen molar-refractivity contribution in [3.63, 3.8) is 0 Å². The van der Waals surface area contributed by atoms with E-state index < -0.39 is 5.91 Å². The molecule has 0 radical (unpaired) electrons. The lowest BCUT2D eigenvalue weighted by atomic mass is 10.1. The van der Waals surface area contributed by atoms with Gasteiger partial charge in [0, 0.05) is 38.1 Å². The van der Waals surface area contributed by atoms with E-state index >= 15 is 0 Å². The van der Waals surface area contributed by atoms with Gasteiger partial charge in [-0.2, -0.15) is 10.2 Å². The second-order valence-corrected chi connectivity index (χ2v) is 6.10. The molecule has 3 heterocycles. The topological polar surface area (TPSA) is 121 Å². The van der Waals surface area contributed by atoms with Crippen LogP contribution in [-0.2, 0) is 11.2 Å². The van der Waals surface area contributed by atoms with Crippen LogP contribution < -0.4 is 10.6 Å². The predicted molar refractivity (Wildman–Crippen MR) is 91.1 cm³/mol. The summed E-state index contributed by atoms with van der Waals surface area (Å²) in [6.45, 7) is 5.88. The third-order valence-corrected chi connectivity index (χ3v) is 4.51. The van der Waals surface area contributed by atoms with Crippen molar-refractivity contribution >= 4 is 17.6 Å². The Balaban J connectivity index is 1.69. The average molecular weight is 343 g/mol. The van der Waals surface area contributed by atoms with Crippen LogP contribution in [0.1, 0.15) is 27.3 Å². The monoisotopic (exact) mass is 343 g/mol. The van der Waals surface area contributed by atoms with E-state index in [0.29, 0.717) is 49.7 Å². The number of nitrogens with one attached hydrogen (secondary N) is 1. The number of H-pyrrole nitrogens is 1. The zero-order valence-electron chi connectivity index (χ0n) is 14.3. The van der Waals surface area contributed by atoms with E-state index in [0.717, 1.165) is 11.3 Å². The number of piperazine rings is 1. The Kier molecular flexibility index (Phi) is 4.64. The van der Waals surface area contributed by atoms with Crippen molar-refractivity contribution in [1.82, 2.24) is 25.3 Å². The molecule has 9 nitrogen and oxygen atoms in total. The zero-order chi connectivity index (χ0) is 18.0. The number of nitrogens with zero attached hydrogens (tertiary/aromatic N) is 5. The number of hydrogen-bond acceptors (Lipinski definition) is 6. The molecule has 2 aromatic rings. The average Bonchev–Trinajstić information content (AvgIpc) is 3.10. The molecule has 2 aromatic heterocycles. The highest BCUT2D eigenvalue weighted by molar-refractivity contribution is 5.99. The molecule has 0 aliphatic carbocycles. The molecule has 132 valence electrons. The third kappa shape index (κ3) is 3.44. The Morgan fingerprint density at radius 3 is 2.52 bits per heavy atom. The molecule has 3 rings (SSSR count). The standard InChI is InChI=1S/C16H21N7O2/c1-10-11(2)19-21-16(14(10)15(17)25)23-7-5-22(6-8-23)13(24)9-12-3-4-18-20-12/h3-4H,5-9H2,1-2H3,(H2,17,25)(H,18,20). The van der Waals surface area contributed by atoms with Gasteiger partial charge in [-0.15, -0.1) is 5.10 Å². The zero-order valence-corrected chi connectivity index (χ0v) is 14.3. The minimum absolute atomic E-state index is 0.0465. The molecule has 1 saturated heterocycles. The van der Waals surface area contributed by atoms with E-state index in [1.54, 1.807) is 24.1 Å².